The second-order valence-corrected chi connectivity index (χ2v) is 7.71. The average Bonchev–Trinajstić information content (AvgIpc) is 2.87. The fourth-order valence-corrected chi connectivity index (χ4v) is 3.90. The predicted octanol–water partition coefficient (Wildman–Crippen LogP) is 4.82. The lowest BCUT2D eigenvalue weighted by Gasteiger charge is -2.18. The maximum Gasteiger partial charge on any atom is 0.326 e. The van der Waals surface area contributed by atoms with Crippen LogP contribution in [0.2, 0.25) is 0 Å². The van der Waals surface area contributed by atoms with Crippen molar-refractivity contribution in [2.24, 2.45) is 0 Å². The molecule has 3 heterocycles. The zero-order valence-corrected chi connectivity index (χ0v) is 18.6. The van der Waals surface area contributed by atoms with Crippen molar-refractivity contribution in [2.45, 2.75) is 0 Å². The molecular weight excluding hydrogens is 430 g/mol. The minimum atomic E-state index is -0.463. The second kappa shape index (κ2) is 8.67. The number of fused-ring (bicyclic) bond motifs is 2. The molecule has 34 heavy (non-hydrogen) atoms. The number of nitrogens with zero attached hydrogens (tertiary/aromatic N) is 3. The number of aromatic nitrogens is 3. The average molecular weight is 451 g/mol. The monoisotopic (exact) mass is 451 g/mol. The van der Waals surface area contributed by atoms with E-state index < -0.39 is 11.6 Å². The molecule has 0 bridgehead atoms. The summed E-state index contributed by atoms with van der Waals surface area (Å²) in [5.41, 5.74) is 3.39. The molecule has 0 saturated heterocycles. The number of benzene rings is 2. The van der Waals surface area contributed by atoms with Gasteiger partial charge < -0.3 is 15.0 Å². The van der Waals surface area contributed by atoms with Crippen LogP contribution in [0.4, 0.5) is 16.2 Å². The molecule has 8 heteroatoms. The summed E-state index contributed by atoms with van der Waals surface area (Å²) in [5.74, 6) is 0.754. The van der Waals surface area contributed by atoms with Gasteiger partial charge in [-0.2, -0.15) is 0 Å². The number of urea groups is 1. The summed E-state index contributed by atoms with van der Waals surface area (Å²) in [6.45, 7) is 0. The number of rotatable bonds is 4. The summed E-state index contributed by atoms with van der Waals surface area (Å²) >= 11 is 0. The summed E-state index contributed by atoms with van der Waals surface area (Å²) in [7, 11) is 3.17. The molecule has 0 aliphatic rings. The molecule has 0 aliphatic heterocycles. The second-order valence-electron chi connectivity index (χ2n) is 7.71. The Bertz CT molecular complexity index is 1600. The Morgan fingerprint density at radius 1 is 1.00 bits per heavy atom. The van der Waals surface area contributed by atoms with Crippen LogP contribution in [-0.4, -0.2) is 35.1 Å². The molecule has 168 valence electrons. The molecule has 2 amide bonds. The van der Waals surface area contributed by atoms with Crippen LogP contribution in [0.3, 0.4) is 0 Å². The van der Waals surface area contributed by atoms with Gasteiger partial charge in [0.2, 0.25) is 0 Å². The first-order valence-corrected chi connectivity index (χ1v) is 10.6. The Kier molecular flexibility index (Phi) is 5.39. The third-order valence-corrected chi connectivity index (χ3v) is 5.66. The van der Waals surface area contributed by atoms with Gasteiger partial charge >= 0.3 is 6.03 Å². The van der Waals surface area contributed by atoms with Gasteiger partial charge in [-0.15, -0.1) is 0 Å². The van der Waals surface area contributed by atoms with E-state index in [0.717, 1.165) is 27.6 Å². The lowest BCUT2D eigenvalue weighted by atomic mass is 10.0. The van der Waals surface area contributed by atoms with Crippen LogP contribution in [0, 0.1) is 0 Å². The first-order chi connectivity index (χ1) is 16.5. The van der Waals surface area contributed by atoms with Crippen LogP contribution in [0.1, 0.15) is 0 Å². The van der Waals surface area contributed by atoms with E-state index in [9.17, 15) is 9.59 Å². The molecular formula is C26H21N5O3. The number of hydrogen-bond acceptors (Lipinski definition) is 5. The largest absolute Gasteiger partial charge is 0.497 e. The number of aromatic amines is 1. The Hall–Kier alpha value is -4.72. The number of nitrogens with one attached hydrogen (secondary N) is 2. The van der Waals surface area contributed by atoms with E-state index >= 15 is 0 Å². The van der Waals surface area contributed by atoms with Crippen molar-refractivity contribution in [3.63, 3.8) is 0 Å². The standard InChI is InChI=1S/C26H21N5O3/c1-31(22-15-17-7-5-12-28-24(17)30-25(22)32)26(33)29-21-10-4-9-20-19(11-13-27-23(20)21)16-6-3-8-18(14-16)34-2/h3-15H,1-2H3,(H,29,33)(H,28,30,32). The van der Waals surface area contributed by atoms with E-state index in [4.69, 9.17) is 4.74 Å². The Balaban J connectivity index is 1.50. The summed E-state index contributed by atoms with van der Waals surface area (Å²) in [6, 6.07) is 20.1. The Morgan fingerprint density at radius 2 is 1.85 bits per heavy atom. The van der Waals surface area contributed by atoms with E-state index in [1.165, 1.54) is 4.90 Å². The molecule has 0 radical (unpaired) electrons. The summed E-state index contributed by atoms with van der Waals surface area (Å²) in [6.07, 6.45) is 3.30. The van der Waals surface area contributed by atoms with E-state index in [0.29, 0.717) is 16.9 Å². The number of carbonyl (C=O) groups is 1. The summed E-state index contributed by atoms with van der Waals surface area (Å²) in [4.78, 5) is 38.3. The van der Waals surface area contributed by atoms with E-state index in [1.807, 2.05) is 48.5 Å². The number of methoxy groups -OCH3 is 1. The van der Waals surface area contributed by atoms with Crippen molar-refractivity contribution in [3.8, 4) is 16.9 Å². The molecule has 2 aromatic carbocycles. The predicted molar refractivity (Wildman–Crippen MR) is 134 cm³/mol. The molecule has 0 fully saturated rings. The van der Waals surface area contributed by atoms with Crippen LogP contribution in [0.25, 0.3) is 33.1 Å². The van der Waals surface area contributed by atoms with E-state index in [2.05, 4.69) is 20.3 Å². The van der Waals surface area contributed by atoms with Crippen molar-refractivity contribution in [3.05, 3.63) is 89.5 Å². The van der Waals surface area contributed by atoms with Crippen LogP contribution < -0.4 is 20.5 Å². The van der Waals surface area contributed by atoms with Crippen molar-refractivity contribution in [1.82, 2.24) is 15.0 Å². The molecule has 2 N–H and O–H groups in total. The first-order valence-electron chi connectivity index (χ1n) is 10.6. The van der Waals surface area contributed by atoms with Crippen LogP contribution in [0.5, 0.6) is 5.75 Å². The van der Waals surface area contributed by atoms with Gasteiger partial charge in [0.25, 0.3) is 5.56 Å². The highest BCUT2D eigenvalue weighted by atomic mass is 16.5. The number of hydrogen-bond donors (Lipinski definition) is 2. The minimum absolute atomic E-state index is 0.211. The Morgan fingerprint density at radius 3 is 2.71 bits per heavy atom. The van der Waals surface area contributed by atoms with Gasteiger partial charge in [0.15, 0.2) is 0 Å². The lowest BCUT2D eigenvalue weighted by molar-refractivity contribution is 0.258. The van der Waals surface area contributed by atoms with E-state index in [-0.39, 0.29) is 5.69 Å². The van der Waals surface area contributed by atoms with Crippen molar-refractivity contribution in [1.29, 1.82) is 0 Å². The molecule has 0 unspecified atom stereocenters. The molecule has 0 saturated carbocycles. The summed E-state index contributed by atoms with van der Waals surface area (Å²) in [5, 5.41) is 4.50. The normalized spacial score (nSPS) is 10.9. The SMILES string of the molecule is COc1cccc(-c2ccnc3c(NC(=O)N(C)c4cc5cccnc5[nH]c4=O)cccc23)c1. The van der Waals surface area contributed by atoms with Gasteiger partial charge in [0.05, 0.1) is 18.3 Å². The maximum atomic E-state index is 13.1. The number of amides is 2. The summed E-state index contributed by atoms with van der Waals surface area (Å²) < 4.78 is 5.36. The molecule has 0 aliphatic carbocycles. The van der Waals surface area contributed by atoms with Gasteiger partial charge in [0.1, 0.15) is 17.1 Å². The number of para-hydroxylation sites is 1. The van der Waals surface area contributed by atoms with Gasteiger partial charge in [-0.05, 0) is 53.6 Å². The number of H-pyrrole nitrogens is 1. The number of anilines is 2. The van der Waals surface area contributed by atoms with Crippen molar-refractivity contribution < 1.29 is 9.53 Å². The lowest BCUT2D eigenvalue weighted by Crippen LogP contribution is -2.35. The van der Waals surface area contributed by atoms with Gasteiger partial charge in [0, 0.05) is 30.2 Å². The number of pyridine rings is 3. The third kappa shape index (κ3) is 3.81. The first kappa shape index (κ1) is 21.1. The highest BCUT2D eigenvalue weighted by Gasteiger charge is 2.17. The zero-order chi connectivity index (χ0) is 23.7. The number of carbonyl (C=O) groups excluding carboxylic acids is 1. The van der Waals surface area contributed by atoms with E-state index in [1.54, 1.807) is 44.8 Å². The highest BCUT2D eigenvalue weighted by Crippen LogP contribution is 2.32. The van der Waals surface area contributed by atoms with Crippen molar-refractivity contribution >= 4 is 39.3 Å². The van der Waals surface area contributed by atoms with Gasteiger partial charge in [-0.1, -0.05) is 24.3 Å². The molecule has 3 aromatic heterocycles. The van der Waals surface area contributed by atoms with Crippen LogP contribution in [0.15, 0.2) is 83.9 Å². The molecule has 8 nitrogen and oxygen atoms in total. The molecule has 0 spiro atoms. The smallest absolute Gasteiger partial charge is 0.326 e. The van der Waals surface area contributed by atoms with Crippen LogP contribution >= 0.6 is 0 Å². The molecule has 0 atom stereocenters. The maximum absolute atomic E-state index is 13.1. The fourth-order valence-electron chi connectivity index (χ4n) is 3.90. The van der Waals surface area contributed by atoms with Crippen molar-refractivity contribution in [2.75, 3.05) is 24.4 Å². The highest BCUT2D eigenvalue weighted by molar-refractivity contribution is 6.08. The fraction of sp³-hybridized carbons (Fsp3) is 0.0769. The molecule has 5 rings (SSSR count). The quantitative estimate of drug-likeness (QED) is 0.408. The van der Waals surface area contributed by atoms with Crippen LogP contribution in [-0.2, 0) is 0 Å². The third-order valence-electron chi connectivity index (χ3n) is 5.66. The minimum Gasteiger partial charge on any atom is -0.497 e. The zero-order valence-electron chi connectivity index (χ0n) is 18.6. The Labute approximate surface area is 194 Å². The topological polar surface area (TPSA) is 100 Å². The number of ether oxygens (including phenoxy) is 1. The van der Waals surface area contributed by atoms with Gasteiger partial charge in [-0.25, -0.2) is 9.78 Å². The molecule has 5 aromatic rings. The van der Waals surface area contributed by atoms with Gasteiger partial charge in [-0.3, -0.25) is 14.7 Å².